The highest BCUT2D eigenvalue weighted by Crippen LogP contribution is 2.52. The molecule has 1 aromatic rings. The van der Waals surface area contributed by atoms with Crippen LogP contribution in [-0.4, -0.2) is 110 Å². The number of ether oxygens (including phenoxy) is 6. The first-order valence-corrected chi connectivity index (χ1v) is 35.5. The van der Waals surface area contributed by atoms with Crippen LogP contribution in [0.5, 0.6) is 0 Å². The lowest BCUT2D eigenvalue weighted by atomic mass is 9.79. The molecule has 0 radical (unpaired) electrons. The standard InChI is InChI=1S/C55H100O9Si3/c1-39-35-47-55(13,61-41(39)27-23-33-56-38-40-25-21-20-22-26-40)37-45(63-66(16,17)51(5,6)7)49-44(60-47)36-48-53(11,62-49)31-29-42-43(59-48)30-32-54(12,64-67(18,19)52(8,9)10)46(58-42)28-24-34-57-65(14,15)50(2,3)4/h20-22,25-26,39,41-49H,23-24,27-38H2,1-19H3/t39-,41-,42-,43+,44+,45-,46+,47-,48-,49+,53+,54-,55+/m0/s1. The van der Waals surface area contributed by atoms with Crippen LogP contribution < -0.4 is 0 Å². The van der Waals surface area contributed by atoms with Gasteiger partial charge in [0.05, 0.1) is 72.2 Å². The Morgan fingerprint density at radius 1 is 0.642 bits per heavy atom. The molecular formula is C55H100O9Si3. The fraction of sp³-hybridized carbons (Fsp3) is 0.891. The molecule has 5 aliphatic heterocycles. The Hall–Kier alpha value is -0.489. The van der Waals surface area contributed by atoms with Crippen LogP contribution in [0, 0.1) is 5.92 Å². The topological polar surface area (TPSA) is 83.1 Å². The van der Waals surface area contributed by atoms with Gasteiger partial charge in [0.15, 0.2) is 25.0 Å². The first kappa shape index (κ1) is 55.8. The molecule has 386 valence electrons. The van der Waals surface area contributed by atoms with Gasteiger partial charge in [-0.3, -0.25) is 0 Å². The van der Waals surface area contributed by atoms with E-state index >= 15 is 0 Å². The number of fused-ring (bicyclic) bond motifs is 4. The second kappa shape index (κ2) is 20.8. The van der Waals surface area contributed by atoms with E-state index in [-0.39, 0.29) is 70.1 Å². The van der Waals surface area contributed by atoms with Gasteiger partial charge >= 0.3 is 0 Å². The summed E-state index contributed by atoms with van der Waals surface area (Å²) in [6, 6.07) is 10.4. The van der Waals surface area contributed by atoms with Crippen LogP contribution in [0.3, 0.4) is 0 Å². The molecule has 67 heavy (non-hydrogen) atoms. The van der Waals surface area contributed by atoms with Gasteiger partial charge in [-0.05, 0) is 144 Å². The molecule has 0 saturated carbocycles. The van der Waals surface area contributed by atoms with E-state index in [9.17, 15) is 0 Å². The van der Waals surface area contributed by atoms with Crippen LogP contribution in [0.1, 0.15) is 166 Å². The van der Waals surface area contributed by atoms with Crippen molar-refractivity contribution in [2.75, 3.05) is 13.2 Å². The number of rotatable bonds is 15. The first-order valence-electron chi connectivity index (χ1n) is 26.7. The second-order valence-corrected chi connectivity index (χ2v) is 41.4. The van der Waals surface area contributed by atoms with Crippen LogP contribution in [0.2, 0.25) is 54.4 Å². The molecule has 0 amide bonds. The van der Waals surface area contributed by atoms with E-state index in [4.69, 9.17) is 41.7 Å². The fourth-order valence-electron chi connectivity index (χ4n) is 10.8. The van der Waals surface area contributed by atoms with E-state index in [2.05, 4.69) is 154 Å². The zero-order chi connectivity index (χ0) is 49.6. The Morgan fingerprint density at radius 3 is 1.87 bits per heavy atom. The predicted molar refractivity (Wildman–Crippen MR) is 280 cm³/mol. The van der Waals surface area contributed by atoms with Gasteiger partial charge in [0.25, 0.3) is 0 Å². The summed E-state index contributed by atoms with van der Waals surface area (Å²) in [6.45, 7) is 46.6. The molecule has 0 aromatic heterocycles. The molecule has 5 saturated heterocycles. The molecule has 0 spiro atoms. The third-order valence-corrected chi connectivity index (χ3v) is 32.1. The Kier molecular flexibility index (Phi) is 17.3. The number of hydrogen-bond acceptors (Lipinski definition) is 9. The van der Waals surface area contributed by atoms with E-state index < -0.39 is 41.8 Å². The molecule has 1 aromatic carbocycles. The molecule has 0 N–H and O–H groups in total. The summed E-state index contributed by atoms with van der Waals surface area (Å²) in [7, 11) is -6.26. The van der Waals surface area contributed by atoms with E-state index in [1.54, 1.807) is 0 Å². The molecule has 6 rings (SSSR count). The maximum absolute atomic E-state index is 7.58. The quantitative estimate of drug-likeness (QED) is 0.126. The maximum Gasteiger partial charge on any atom is 0.192 e. The molecule has 0 unspecified atom stereocenters. The second-order valence-electron chi connectivity index (χ2n) is 27.1. The summed E-state index contributed by atoms with van der Waals surface area (Å²) >= 11 is 0. The smallest absolute Gasteiger partial charge is 0.192 e. The lowest BCUT2D eigenvalue weighted by Crippen LogP contribution is -2.60. The molecule has 5 heterocycles. The average molecular weight is 990 g/mol. The zero-order valence-corrected chi connectivity index (χ0v) is 49.2. The Balaban J connectivity index is 1.21. The largest absolute Gasteiger partial charge is 0.417 e. The Morgan fingerprint density at radius 2 is 1.22 bits per heavy atom. The summed E-state index contributed by atoms with van der Waals surface area (Å²) in [5, 5.41) is 0.292. The monoisotopic (exact) mass is 989 g/mol. The van der Waals surface area contributed by atoms with Gasteiger partial charge in [0.1, 0.15) is 6.10 Å². The Labute approximate surface area is 413 Å². The minimum atomic E-state index is -2.24. The Bertz CT molecular complexity index is 1740. The van der Waals surface area contributed by atoms with Crippen molar-refractivity contribution in [1.29, 1.82) is 0 Å². The fourth-order valence-corrected chi connectivity index (χ4v) is 14.9. The minimum absolute atomic E-state index is 0.0362. The van der Waals surface area contributed by atoms with Crippen molar-refractivity contribution in [1.82, 2.24) is 0 Å². The molecule has 13 atom stereocenters. The van der Waals surface area contributed by atoms with Crippen molar-refractivity contribution < 1.29 is 41.7 Å². The predicted octanol–water partition coefficient (Wildman–Crippen LogP) is 13.9. The lowest BCUT2D eigenvalue weighted by Gasteiger charge is -2.50. The van der Waals surface area contributed by atoms with Crippen molar-refractivity contribution in [2.45, 2.75) is 293 Å². The van der Waals surface area contributed by atoms with Crippen molar-refractivity contribution in [2.24, 2.45) is 5.92 Å². The summed E-state index contributed by atoms with van der Waals surface area (Å²) in [6.07, 6.45) is 8.84. The molecule has 0 bridgehead atoms. The molecule has 0 aliphatic carbocycles. The lowest BCUT2D eigenvalue weighted by molar-refractivity contribution is -0.272. The zero-order valence-electron chi connectivity index (χ0n) is 46.2. The highest BCUT2D eigenvalue weighted by molar-refractivity contribution is 6.75. The van der Waals surface area contributed by atoms with Crippen molar-refractivity contribution >= 4 is 25.0 Å². The highest BCUT2D eigenvalue weighted by atomic mass is 28.4. The molecule has 12 heteroatoms. The van der Waals surface area contributed by atoms with Crippen LogP contribution >= 0.6 is 0 Å². The SMILES string of the molecule is C[C@H]1C[C@@H]2O[C@@H]3C[C@@H]4O[C@@H]5CC[C@](C)(O[Si](C)(C)C(C)(C)C)[C@@H](CCCO[Si](C)(C)C(C)(C)C)O[C@H]5CC[C@@]4(C)O[C@H]3[C@@H](O[Si](C)(C)C(C)(C)C)C[C@@]2(C)O[C@H]1CCCOCc1ccccc1. The average Bonchev–Trinajstić information content (AvgIpc) is 3.46. The number of hydrogen-bond donors (Lipinski definition) is 0. The summed E-state index contributed by atoms with van der Waals surface area (Å²) in [5.41, 5.74) is -0.253. The van der Waals surface area contributed by atoms with Crippen molar-refractivity contribution in [3.05, 3.63) is 35.9 Å². The molecular weight excluding hydrogens is 889 g/mol. The third-order valence-electron chi connectivity index (χ3n) is 18.5. The van der Waals surface area contributed by atoms with Crippen LogP contribution in [-0.2, 0) is 48.3 Å². The van der Waals surface area contributed by atoms with E-state index in [1.807, 2.05) is 6.07 Å². The molecule has 5 fully saturated rings. The summed E-state index contributed by atoms with van der Waals surface area (Å²) in [5.74, 6) is 0.353. The summed E-state index contributed by atoms with van der Waals surface area (Å²) in [4.78, 5) is 0. The van der Waals surface area contributed by atoms with Crippen molar-refractivity contribution in [3.8, 4) is 0 Å². The first-order chi connectivity index (χ1) is 30.8. The number of benzene rings is 1. The van der Waals surface area contributed by atoms with E-state index in [0.717, 1.165) is 83.8 Å². The normalized spacial score (nSPS) is 37.0. The van der Waals surface area contributed by atoms with Crippen molar-refractivity contribution in [3.63, 3.8) is 0 Å². The van der Waals surface area contributed by atoms with Gasteiger partial charge in [-0.2, -0.15) is 0 Å². The van der Waals surface area contributed by atoms with Gasteiger partial charge in [-0.1, -0.05) is 99.6 Å². The van der Waals surface area contributed by atoms with E-state index in [0.29, 0.717) is 12.5 Å². The van der Waals surface area contributed by atoms with Gasteiger partial charge < -0.3 is 41.7 Å². The van der Waals surface area contributed by atoms with Crippen LogP contribution in [0.15, 0.2) is 30.3 Å². The van der Waals surface area contributed by atoms with Gasteiger partial charge in [0, 0.05) is 26.1 Å². The van der Waals surface area contributed by atoms with Gasteiger partial charge in [0.2, 0.25) is 0 Å². The van der Waals surface area contributed by atoms with Gasteiger partial charge in [-0.25, -0.2) is 0 Å². The summed E-state index contributed by atoms with van der Waals surface area (Å²) < 4.78 is 65.1. The molecule has 9 nitrogen and oxygen atoms in total. The maximum atomic E-state index is 7.58. The highest BCUT2D eigenvalue weighted by Gasteiger charge is 2.60. The minimum Gasteiger partial charge on any atom is -0.417 e. The van der Waals surface area contributed by atoms with E-state index in [1.165, 1.54) is 5.56 Å². The molecule has 5 aliphatic rings. The van der Waals surface area contributed by atoms with Gasteiger partial charge in [-0.15, -0.1) is 0 Å². The van der Waals surface area contributed by atoms with Crippen LogP contribution in [0.25, 0.3) is 0 Å². The third kappa shape index (κ3) is 13.0. The van der Waals surface area contributed by atoms with Crippen LogP contribution in [0.4, 0.5) is 0 Å².